The zero-order valence-corrected chi connectivity index (χ0v) is 9.42. The maximum atomic E-state index is 10.8. The third kappa shape index (κ3) is 2.29. The molecule has 0 atom stereocenters. The number of benzene rings is 1. The van der Waals surface area contributed by atoms with Crippen molar-refractivity contribution in [1.82, 2.24) is 9.36 Å². The Morgan fingerprint density at radius 2 is 2.31 bits per heavy atom. The minimum absolute atomic E-state index is 0.0520. The predicted octanol–water partition coefficient (Wildman–Crippen LogP) is 2.63. The van der Waals surface area contributed by atoms with Crippen LogP contribution in [-0.2, 0) is 0 Å². The number of nitrogens with one attached hydrogen (secondary N) is 1. The molecule has 2 aromatic rings. The minimum atomic E-state index is -1.06. The maximum Gasteiger partial charge on any atom is 0.337 e. The van der Waals surface area contributed by atoms with E-state index in [1.807, 2.05) is 0 Å². The molecule has 0 radical (unpaired) electrons. The molecule has 82 valence electrons. The van der Waals surface area contributed by atoms with Gasteiger partial charge < -0.3 is 10.4 Å². The zero-order valence-electron chi connectivity index (χ0n) is 7.85. The number of rotatable bonds is 3. The lowest BCUT2D eigenvalue weighted by Crippen LogP contribution is -1.99. The summed E-state index contributed by atoms with van der Waals surface area (Å²) in [7, 11) is 0. The van der Waals surface area contributed by atoms with Gasteiger partial charge in [0.05, 0.1) is 10.6 Å². The summed E-state index contributed by atoms with van der Waals surface area (Å²) in [6.07, 6.45) is 1.42. The maximum absolute atomic E-state index is 10.8. The van der Waals surface area contributed by atoms with Crippen molar-refractivity contribution < 1.29 is 9.90 Å². The van der Waals surface area contributed by atoms with Crippen LogP contribution < -0.4 is 5.32 Å². The van der Waals surface area contributed by atoms with Gasteiger partial charge in [-0.2, -0.15) is 4.37 Å². The van der Waals surface area contributed by atoms with E-state index in [2.05, 4.69) is 14.7 Å². The third-order valence-corrected chi connectivity index (χ3v) is 2.72. The van der Waals surface area contributed by atoms with Crippen LogP contribution in [0.25, 0.3) is 0 Å². The molecule has 0 aliphatic heterocycles. The van der Waals surface area contributed by atoms with Crippen LogP contribution in [0.4, 0.5) is 10.8 Å². The number of anilines is 2. The van der Waals surface area contributed by atoms with Crippen LogP contribution in [0.1, 0.15) is 10.4 Å². The van der Waals surface area contributed by atoms with E-state index in [-0.39, 0.29) is 10.6 Å². The minimum Gasteiger partial charge on any atom is -0.478 e. The lowest BCUT2D eigenvalue weighted by Gasteiger charge is -2.04. The zero-order chi connectivity index (χ0) is 11.5. The largest absolute Gasteiger partial charge is 0.478 e. The molecule has 16 heavy (non-hydrogen) atoms. The van der Waals surface area contributed by atoms with Crippen molar-refractivity contribution in [3.05, 3.63) is 35.1 Å². The normalized spacial score (nSPS) is 10.1. The molecule has 2 rings (SSSR count). The molecule has 1 heterocycles. The number of halogens is 1. The van der Waals surface area contributed by atoms with E-state index in [9.17, 15) is 4.79 Å². The van der Waals surface area contributed by atoms with Crippen molar-refractivity contribution >= 4 is 39.9 Å². The van der Waals surface area contributed by atoms with Gasteiger partial charge in [-0.05, 0) is 18.2 Å². The Bertz CT molecular complexity index is 515. The molecular weight excluding hydrogens is 250 g/mol. The number of hydrogen-bond acceptors (Lipinski definition) is 5. The molecule has 0 aliphatic carbocycles. The Morgan fingerprint density at radius 1 is 1.50 bits per heavy atom. The highest BCUT2D eigenvalue weighted by molar-refractivity contribution is 7.09. The molecule has 0 saturated carbocycles. The molecule has 0 aliphatic rings. The average Bonchev–Trinajstić information content (AvgIpc) is 2.73. The molecule has 1 aromatic heterocycles. The standard InChI is InChI=1S/C9H6ClN3O2S/c10-7-2-1-5(3-6(7)8(14)15)13-9-11-4-12-16-9/h1-4H,(H,14,15)(H,11,12,13). The van der Waals surface area contributed by atoms with Gasteiger partial charge in [0, 0.05) is 17.2 Å². The highest BCUT2D eigenvalue weighted by Crippen LogP contribution is 2.23. The lowest BCUT2D eigenvalue weighted by atomic mass is 10.2. The van der Waals surface area contributed by atoms with Gasteiger partial charge in [-0.1, -0.05) is 11.6 Å². The van der Waals surface area contributed by atoms with Gasteiger partial charge in [0.1, 0.15) is 6.33 Å². The van der Waals surface area contributed by atoms with Crippen molar-refractivity contribution in [3.63, 3.8) is 0 Å². The van der Waals surface area contributed by atoms with Crippen LogP contribution in [0.3, 0.4) is 0 Å². The highest BCUT2D eigenvalue weighted by Gasteiger charge is 2.09. The quantitative estimate of drug-likeness (QED) is 0.882. The molecule has 0 saturated heterocycles. The first-order valence-electron chi connectivity index (χ1n) is 4.23. The highest BCUT2D eigenvalue weighted by atomic mass is 35.5. The summed E-state index contributed by atoms with van der Waals surface area (Å²) in [5.74, 6) is -1.06. The monoisotopic (exact) mass is 255 g/mol. The van der Waals surface area contributed by atoms with Gasteiger partial charge in [0.2, 0.25) is 5.13 Å². The Hall–Kier alpha value is -1.66. The van der Waals surface area contributed by atoms with E-state index in [1.165, 1.54) is 30.0 Å². The summed E-state index contributed by atoms with van der Waals surface area (Å²) in [6, 6.07) is 4.65. The molecule has 0 unspecified atom stereocenters. The molecule has 7 heteroatoms. The van der Waals surface area contributed by atoms with Crippen molar-refractivity contribution in [3.8, 4) is 0 Å². The van der Waals surface area contributed by atoms with Gasteiger partial charge in [-0.3, -0.25) is 0 Å². The molecule has 0 bridgehead atoms. The van der Waals surface area contributed by atoms with Crippen molar-refractivity contribution in [1.29, 1.82) is 0 Å². The lowest BCUT2D eigenvalue weighted by molar-refractivity contribution is 0.0697. The third-order valence-electron chi connectivity index (χ3n) is 1.81. The number of carboxylic acid groups (broad SMARTS) is 1. The fourth-order valence-corrected chi connectivity index (χ4v) is 1.77. The number of carbonyl (C=O) groups is 1. The molecule has 0 spiro atoms. The van der Waals surface area contributed by atoms with Gasteiger partial charge in [0.15, 0.2) is 0 Å². The van der Waals surface area contributed by atoms with Gasteiger partial charge in [-0.15, -0.1) is 0 Å². The molecule has 0 amide bonds. The summed E-state index contributed by atoms with van der Waals surface area (Å²) < 4.78 is 3.82. The average molecular weight is 256 g/mol. The van der Waals surface area contributed by atoms with Crippen LogP contribution in [0, 0.1) is 0 Å². The van der Waals surface area contributed by atoms with E-state index < -0.39 is 5.97 Å². The van der Waals surface area contributed by atoms with E-state index in [0.717, 1.165) is 0 Å². The Labute approximate surface area is 99.9 Å². The number of hydrogen-bond donors (Lipinski definition) is 2. The Kier molecular flexibility index (Phi) is 3.02. The fourth-order valence-electron chi connectivity index (χ4n) is 1.12. The molecule has 0 fully saturated rings. The fraction of sp³-hybridized carbons (Fsp3) is 0. The number of carboxylic acids is 1. The Morgan fingerprint density at radius 3 is 2.94 bits per heavy atom. The van der Waals surface area contributed by atoms with Crippen molar-refractivity contribution in [2.45, 2.75) is 0 Å². The van der Waals surface area contributed by atoms with Crippen LogP contribution >= 0.6 is 23.1 Å². The number of nitrogens with zero attached hydrogens (tertiary/aromatic N) is 2. The first-order valence-corrected chi connectivity index (χ1v) is 5.38. The van der Waals surface area contributed by atoms with Crippen LogP contribution in [-0.4, -0.2) is 20.4 Å². The summed E-state index contributed by atoms with van der Waals surface area (Å²) in [4.78, 5) is 14.8. The second-order valence-corrected chi connectivity index (χ2v) is 4.06. The molecular formula is C9H6ClN3O2S. The second-order valence-electron chi connectivity index (χ2n) is 2.87. The summed E-state index contributed by atoms with van der Waals surface area (Å²) in [5.41, 5.74) is 0.662. The van der Waals surface area contributed by atoms with Crippen LogP contribution in [0.5, 0.6) is 0 Å². The first-order chi connectivity index (χ1) is 7.66. The van der Waals surface area contributed by atoms with E-state index in [0.29, 0.717) is 10.8 Å². The summed E-state index contributed by atoms with van der Waals surface area (Å²) in [6.45, 7) is 0. The first kappa shape index (κ1) is 10.8. The van der Waals surface area contributed by atoms with Crippen LogP contribution in [0.2, 0.25) is 5.02 Å². The van der Waals surface area contributed by atoms with Crippen LogP contribution in [0.15, 0.2) is 24.5 Å². The molecule has 2 N–H and O–H groups in total. The predicted molar refractivity (Wildman–Crippen MR) is 61.6 cm³/mol. The second kappa shape index (κ2) is 4.46. The van der Waals surface area contributed by atoms with E-state index in [1.54, 1.807) is 6.07 Å². The summed E-state index contributed by atoms with van der Waals surface area (Å²) in [5, 5.41) is 12.6. The summed E-state index contributed by atoms with van der Waals surface area (Å²) >= 11 is 6.92. The topological polar surface area (TPSA) is 75.1 Å². The molecule has 5 nitrogen and oxygen atoms in total. The SMILES string of the molecule is O=C(O)c1cc(Nc2ncns2)ccc1Cl. The molecule has 1 aromatic carbocycles. The number of aromatic nitrogens is 2. The van der Waals surface area contributed by atoms with Crippen molar-refractivity contribution in [2.24, 2.45) is 0 Å². The van der Waals surface area contributed by atoms with Gasteiger partial charge >= 0.3 is 5.97 Å². The van der Waals surface area contributed by atoms with Crippen molar-refractivity contribution in [2.75, 3.05) is 5.32 Å². The van der Waals surface area contributed by atoms with E-state index in [4.69, 9.17) is 16.7 Å². The smallest absolute Gasteiger partial charge is 0.337 e. The number of aromatic carboxylic acids is 1. The van der Waals surface area contributed by atoms with Gasteiger partial charge in [-0.25, -0.2) is 9.78 Å². The van der Waals surface area contributed by atoms with Gasteiger partial charge in [0.25, 0.3) is 0 Å². The Balaban J connectivity index is 2.29. The van der Waals surface area contributed by atoms with E-state index >= 15 is 0 Å².